The van der Waals surface area contributed by atoms with Crippen LogP contribution >= 0.6 is 11.3 Å². The van der Waals surface area contributed by atoms with E-state index in [1.165, 1.54) is 9.75 Å². The summed E-state index contributed by atoms with van der Waals surface area (Å²) < 4.78 is 5.09. The van der Waals surface area contributed by atoms with Crippen molar-refractivity contribution in [3.8, 4) is 0 Å². The number of nitrogens with zero attached hydrogens (tertiary/aromatic N) is 1. The SMILES string of the molecule is CCCC1NC(c2ccc(C)s2)N(CCCCOC)C1=O. The molecule has 2 unspecified atom stereocenters. The Morgan fingerprint density at radius 3 is 2.81 bits per heavy atom. The third-order valence-electron chi connectivity index (χ3n) is 3.86. The molecule has 21 heavy (non-hydrogen) atoms. The molecular weight excluding hydrogens is 284 g/mol. The third kappa shape index (κ3) is 4.05. The minimum atomic E-state index is -0.0233. The average Bonchev–Trinajstić information content (AvgIpc) is 3.01. The number of aryl methyl sites for hydroxylation is 1. The number of unbranched alkanes of at least 4 members (excludes halogenated alkanes) is 1. The first-order valence-electron chi connectivity index (χ1n) is 7.79. The fourth-order valence-electron chi connectivity index (χ4n) is 2.78. The number of carbonyl (C=O) groups excluding carboxylic acids is 1. The summed E-state index contributed by atoms with van der Waals surface area (Å²) in [7, 11) is 1.72. The lowest BCUT2D eigenvalue weighted by Gasteiger charge is -2.23. The van der Waals surface area contributed by atoms with Crippen molar-refractivity contribution in [2.45, 2.75) is 51.7 Å². The smallest absolute Gasteiger partial charge is 0.241 e. The first kappa shape index (κ1) is 16.5. The number of amides is 1. The van der Waals surface area contributed by atoms with Gasteiger partial charge in [-0.1, -0.05) is 13.3 Å². The molecule has 1 fully saturated rings. The van der Waals surface area contributed by atoms with Crippen molar-refractivity contribution in [2.24, 2.45) is 0 Å². The Bertz CT molecular complexity index is 461. The van der Waals surface area contributed by atoms with Gasteiger partial charge in [-0.25, -0.2) is 0 Å². The summed E-state index contributed by atoms with van der Waals surface area (Å²) in [5, 5.41) is 3.52. The summed E-state index contributed by atoms with van der Waals surface area (Å²) in [6, 6.07) is 4.24. The van der Waals surface area contributed by atoms with Gasteiger partial charge in [0.15, 0.2) is 0 Å². The Kier molecular flexibility index (Phi) is 6.21. The largest absolute Gasteiger partial charge is 0.385 e. The molecule has 0 aromatic carbocycles. The van der Waals surface area contributed by atoms with Crippen LogP contribution in [0.3, 0.4) is 0 Å². The van der Waals surface area contributed by atoms with E-state index in [1.54, 1.807) is 18.4 Å². The summed E-state index contributed by atoms with van der Waals surface area (Å²) in [6.45, 7) is 5.80. The first-order valence-corrected chi connectivity index (χ1v) is 8.60. The van der Waals surface area contributed by atoms with Gasteiger partial charge in [0.2, 0.25) is 5.91 Å². The first-order chi connectivity index (χ1) is 10.2. The number of nitrogens with one attached hydrogen (secondary N) is 1. The number of ether oxygens (including phenoxy) is 1. The number of hydrogen-bond donors (Lipinski definition) is 1. The van der Waals surface area contributed by atoms with Crippen LogP contribution in [0.5, 0.6) is 0 Å². The molecule has 1 N–H and O–H groups in total. The summed E-state index contributed by atoms with van der Waals surface area (Å²) >= 11 is 1.77. The Morgan fingerprint density at radius 2 is 2.19 bits per heavy atom. The van der Waals surface area contributed by atoms with Gasteiger partial charge in [0.1, 0.15) is 6.17 Å². The molecule has 0 saturated carbocycles. The molecule has 2 rings (SSSR count). The van der Waals surface area contributed by atoms with Crippen molar-refractivity contribution in [3.05, 3.63) is 21.9 Å². The molecule has 1 aliphatic heterocycles. The van der Waals surface area contributed by atoms with Crippen LogP contribution in [0, 0.1) is 6.92 Å². The van der Waals surface area contributed by atoms with Crippen molar-refractivity contribution in [1.29, 1.82) is 0 Å². The summed E-state index contributed by atoms with van der Waals surface area (Å²) in [4.78, 5) is 17.1. The second-order valence-corrected chi connectivity index (χ2v) is 6.91. The lowest BCUT2D eigenvalue weighted by atomic mass is 10.1. The molecule has 5 heteroatoms. The maximum atomic E-state index is 12.6. The number of rotatable bonds is 8. The van der Waals surface area contributed by atoms with E-state index in [0.717, 1.165) is 38.8 Å². The van der Waals surface area contributed by atoms with E-state index in [-0.39, 0.29) is 18.1 Å². The Balaban J connectivity index is 2.05. The van der Waals surface area contributed by atoms with Crippen molar-refractivity contribution < 1.29 is 9.53 Å². The van der Waals surface area contributed by atoms with Gasteiger partial charge in [0.05, 0.1) is 6.04 Å². The van der Waals surface area contributed by atoms with Crippen molar-refractivity contribution in [3.63, 3.8) is 0 Å². The third-order valence-corrected chi connectivity index (χ3v) is 4.91. The summed E-state index contributed by atoms with van der Waals surface area (Å²) in [5.74, 6) is 0.255. The summed E-state index contributed by atoms with van der Waals surface area (Å²) in [5.41, 5.74) is 0. The topological polar surface area (TPSA) is 41.6 Å². The molecule has 2 heterocycles. The molecule has 0 aliphatic carbocycles. The second kappa shape index (κ2) is 7.92. The standard InChI is InChI=1S/C16H26N2O2S/c1-4-7-13-16(19)18(10-5-6-11-20-3)15(17-13)14-9-8-12(2)21-14/h8-9,13,15,17H,4-7,10-11H2,1-3H3. The van der Waals surface area contributed by atoms with Gasteiger partial charge in [-0.15, -0.1) is 11.3 Å². The van der Waals surface area contributed by atoms with E-state index in [9.17, 15) is 4.79 Å². The highest BCUT2D eigenvalue weighted by Crippen LogP contribution is 2.31. The normalized spacial score (nSPS) is 22.2. The molecule has 1 aliphatic rings. The Morgan fingerprint density at radius 1 is 1.38 bits per heavy atom. The Labute approximate surface area is 131 Å². The van der Waals surface area contributed by atoms with Gasteiger partial charge < -0.3 is 9.64 Å². The van der Waals surface area contributed by atoms with Gasteiger partial charge in [-0.3, -0.25) is 10.1 Å². The van der Waals surface area contributed by atoms with Gasteiger partial charge in [-0.2, -0.15) is 0 Å². The summed E-state index contributed by atoms with van der Waals surface area (Å²) in [6.07, 6.45) is 3.97. The van der Waals surface area contributed by atoms with Crippen molar-refractivity contribution in [1.82, 2.24) is 10.2 Å². The van der Waals surface area contributed by atoms with Crippen molar-refractivity contribution in [2.75, 3.05) is 20.3 Å². The number of thiophene rings is 1. The highest BCUT2D eigenvalue weighted by Gasteiger charge is 2.39. The molecule has 4 nitrogen and oxygen atoms in total. The molecule has 2 atom stereocenters. The monoisotopic (exact) mass is 310 g/mol. The molecule has 0 radical (unpaired) electrons. The van der Waals surface area contributed by atoms with E-state index in [2.05, 4.69) is 31.3 Å². The van der Waals surface area contributed by atoms with E-state index in [0.29, 0.717) is 0 Å². The van der Waals surface area contributed by atoms with Crippen LogP contribution in [-0.2, 0) is 9.53 Å². The maximum absolute atomic E-state index is 12.6. The Hall–Kier alpha value is -0.910. The predicted molar refractivity (Wildman–Crippen MR) is 86.5 cm³/mol. The van der Waals surface area contributed by atoms with Gasteiger partial charge in [0, 0.05) is 30.0 Å². The fraction of sp³-hybridized carbons (Fsp3) is 0.688. The molecule has 0 spiro atoms. The zero-order chi connectivity index (χ0) is 15.2. The molecule has 118 valence electrons. The molecule has 1 amide bonds. The van der Waals surface area contributed by atoms with Crippen LogP contribution in [0.25, 0.3) is 0 Å². The molecular formula is C16H26N2O2S. The van der Waals surface area contributed by atoms with Gasteiger partial charge in [-0.05, 0) is 38.3 Å². The van der Waals surface area contributed by atoms with E-state index < -0.39 is 0 Å². The van der Waals surface area contributed by atoms with Crippen LogP contribution in [0.1, 0.15) is 48.5 Å². The number of methoxy groups -OCH3 is 1. The minimum absolute atomic E-state index is 0.0233. The molecule has 1 aromatic rings. The van der Waals surface area contributed by atoms with E-state index >= 15 is 0 Å². The van der Waals surface area contributed by atoms with Crippen LogP contribution in [0.15, 0.2) is 12.1 Å². The van der Waals surface area contributed by atoms with Crippen LogP contribution in [0.4, 0.5) is 0 Å². The average molecular weight is 310 g/mol. The van der Waals surface area contributed by atoms with Crippen LogP contribution < -0.4 is 5.32 Å². The quantitative estimate of drug-likeness (QED) is 0.750. The number of hydrogen-bond acceptors (Lipinski definition) is 4. The number of carbonyl (C=O) groups is 1. The van der Waals surface area contributed by atoms with Gasteiger partial charge >= 0.3 is 0 Å². The highest BCUT2D eigenvalue weighted by atomic mass is 32.1. The fourth-order valence-corrected chi connectivity index (χ4v) is 3.73. The lowest BCUT2D eigenvalue weighted by Crippen LogP contribution is -2.31. The molecule has 0 bridgehead atoms. The zero-order valence-electron chi connectivity index (χ0n) is 13.2. The van der Waals surface area contributed by atoms with Crippen LogP contribution in [-0.4, -0.2) is 37.1 Å². The lowest BCUT2D eigenvalue weighted by molar-refractivity contribution is -0.130. The van der Waals surface area contributed by atoms with Gasteiger partial charge in [0.25, 0.3) is 0 Å². The van der Waals surface area contributed by atoms with Crippen molar-refractivity contribution >= 4 is 17.2 Å². The molecule has 1 saturated heterocycles. The highest BCUT2D eigenvalue weighted by molar-refractivity contribution is 7.12. The second-order valence-electron chi connectivity index (χ2n) is 5.59. The zero-order valence-corrected chi connectivity index (χ0v) is 14.0. The van der Waals surface area contributed by atoms with E-state index in [4.69, 9.17) is 4.74 Å². The maximum Gasteiger partial charge on any atom is 0.241 e. The molecule has 1 aromatic heterocycles. The van der Waals surface area contributed by atoms with Crippen LogP contribution in [0.2, 0.25) is 0 Å². The predicted octanol–water partition coefficient (Wildman–Crippen LogP) is 3.08. The minimum Gasteiger partial charge on any atom is -0.385 e. The van der Waals surface area contributed by atoms with E-state index in [1.807, 2.05) is 4.90 Å².